The van der Waals surface area contributed by atoms with Crippen LogP contribution >= 0.6 is 0 Å². The summed E-state index contributed by atoms with van der Waals surface area (Å²) in [5.41, 5.74) is 4.25. The number of fused-ring (bicyclic) bond motifs is 1. The fraction of sp³-hybridized carbons (Fsp3) is 0.0952. The Morgan fingerprint density at radius 3 is 2.62 bits per heavy atom. The van der Waals surface area contributed by atoms with E-state index in [1.807, 2.05) is 60.1 Å². The van der Waals surface area contributed by atoms with Crippen LogP contribution < -0.4 is 5.32 Å². The van der Waals surface area contributed by atoms with Crippen LogP contribution in [0, 0.1) is 6.92 Å². The van der Waals surface area contributed by atoms with Gasteiger partial charge in [0, 0.05) is 17.3 Å². The molecule has 0 aliphatic heterocycles. The van der Waals surface area contributed by atoms with Crippen molar-refractivity contribution in [3.63, 3.8) is 0 Å². The lowest BCUT2D eigenvalue weighted by Crippen LogP contribution is -2.13. The van der Waals surface area contributed by atoms with E-state index in [-0.39, 0.29) is 5.91 Å². The number of benzene rings is 2. The Hall–Kier alpha value is -3.47. The first-order chi connectivity index (χ1) is 12.7. The number of hydrogen-bond donors (Lipinski definition) is 1. The molecule has 5 nitrogen and oxygen atoms in total. The van der Waals surface area contributed by atoms with Crippen LogP contribution in [0.5, 0.6) is 0 Å². The minimum atomic E-state index is -0.176. The first-order valence-electron chi connectivity index (χ1n) is 8.43. The van der Waals surface area contributed by atoms with Gasteiger partial charge in [-0.1, -0.05) is 48.5 Å². The Bertz CT molecular complexity index is 1070. The van der Waals surface area contributed by atoms with Gasteiger partial charge >= 0.3 is 0 Å². The third-order valence-electron chi connectivity index (χ3n) is 4.31. The summed E-state index contributed by atoms with van der Waals surface area (Å²) in [6.07, 6.45) is 3.34. The second kappa shape index (κ2) is 6.80. The number of rotatable bonds is 4. The number of aryl methyl sites for hydroxylation is 1. The maximum absolute atomic E-state index is 12.5. The number of carbonyl (C=O) groups is 1. The zero-order valence-electron chi connectivity index (χ0n) is 14.4. The molecule has 0 aliphatic rings. The molecule has 0 bridgehead atoms. The monoisotopic (exact) mass is 342 g/mol. The third-order valence-corrected chi connectivity index (χ3v) is 4.31. The van der Waals surface area contributed by atoms with Crippen LogP contribution in [0.2, 0.25) is 0 Å². The summed E-state index contributed by atoms with van der Waals surface area (Å²) in [4.78, 5) is 17.0. The summed E-state index contributed by atoms with van der Waals surface area (Å²) in [7, 11) is 0. The zero-order valence-corrected chi connectivity index (χ0v) is 14.4. The van der Waals surface area contributed by atoms with Crippen LogP contribution in [-0.2, 0) is 6.54 Å². The first-order valence-corrected chi connectivity index (χ1v) is 8.43. The molecule has 4 aromatic rings. The molecule has 4 rings (SSSR count). The molecule has 2 heterocycles. The summed E-state index contributed by atoms with van der Waals surface area (Å²) < 4.78 is 1.84. The van der Waals surface area contributed by atoms with Gasteiger partial charge in [0.2, 0.25) is 0 Å². The van der Waals surface area contributed by atoms with Crippen molar-refractivity contribution in [3.8, 4) is 0 Å². The summed E-state index contributed by atoms with van der Waals surface area (Å²) in [6.45, 7) is 2.61. The predicted molar refractivity (Wildman–Crippen MR) is 102 cm³/mol. The van der Waals surface area contributed by atoms with Crippen molar-refractivity contribution in [1.82, 2.24) is 14.8 Å². The fourth-order valence-corrected chi connectivity index (χ4v) is 2.88. The standard InChI is InChI=1S/C21H18N4O/c1-15-7-5-6-10-19(15)24-21(26)18-11-17-13-23-25(20(17)22-12-18)14-16-8-3-2-4-9-16/h2-13H,14H2,1H3,(H,24,26). The van der Waals surface area contributed by atoms with Crippen molar-refractivity contribution in [3.05, 3.63) is 89.7 Å². The van der Waals surface area contributed by atoms with Gasteiger partial charge in [0.1, 0.15) is 0 Å². The highest BCUT2D eigenvalue weighted by atomic mass is 16.1. The predicted octanol–water partition coefficient (Wildman–Crippen LogP) is 4.04. The Morgan fingerprint density at radius 1 is 1.04 bits per heavy atom. The average molecular weight is 342 g/mol. The minimum absolute atomic E-state index is 0.176. The highest BCUT2D eigenvalue weighted by Crippen LogP contribution is 2.18. The molecule has 0 saturated heterocycles. The molecule has 0 radical (unpaired) electrons. The molecular formula is C21H18N4O. The Balaban J connectivity index is 1.58. The van der Waals surface area contributed by atoms with Gasteiger partial charge in [-0.2, -0.15) is 5.10 Å². The third kappa shape index (κ3) is 3.19. The van der Waals surface area contributed by atoms with Crippen molar-refractivity contribution in [2.45, 2.75) is 13.5 Å². The van der Waals surface area contributed by atoms with E-state index in [9.17, 15) is 4.79 Å². The van der Waals surface area contributed by atoms with Crippen LogP contribution in [-0.4, -0.2) is 20.7 Å². The number of para-hydroxylation sites is 1. The summed E-state index contributed by atoms with van der Waals surface area (Å²) >= 11 is 0. The van der Waals surface area contributed by atoms with Crippen LogP contribution in [0.4, 0.5) is 5.69 Å². The van der Waals surface area contributed by atoms with E-state index < -0.39 is 0 Å². The lowest BCUT2D eigenvalue weighted by Gasteiger charge is -2.08. The van der Waals surface area contributed by atoms with Gasteiger partial charge in [-0.3, -0.25) is 4.79 Å². The Morgan fingerprint density at radius 2 is 1.81 bits per heavy atom. The van der Waals surface area contributed by atoms with Gasteiger partial charge in [0.15, 0.2) is 5.65 Å². The summed E-state index contributed by atoms with van der Waals surface area (Å²) in [6, 6.07) is 19.6. The largest absolute Gasteiger partial charge is 0.322 e. The molecule has 2 aromatic heterocycles. The van der Waals surface area contributed by atoms with E-state index in [4.69, 9.17) is 0 Å². The quantitative estimate of drug-likeness (QED) is 0.609. The molecule has 0 spiro atoms. The number of nitrogens with one attached hydrogen (secondary N) is 1. The smallest absolute Gasteiger partial charge is 0.257 e. The van der Waals surface area contributed by atoms with E-state index in [0.717, 1.165) is 27.8 Å². The van der Waals surface area contributed by atoms with Gasteiger partial charge in [-0.25, -0.2) is 9.67 Å². The molecule has 0 atom stereocenters. The van der Waals surface area contributed by atoms with E-state index >= 15 is 0 Å². The molecule has 0 unspecified atom stereocenters. The van der Waals surface area contributed by atoms with Crippen LogP contribution in [0.1, 0.15) is 21.5 Å². The second-order valence-corrected chi connectivity index (χ2v) is 6.19. The molecule has 0 aliphatic carbocycles. The Labute approximate surface area is 151 Å². The van der Waals surface area contributed by atoms with E-state index in [0.29, 0.717) is 12.1 Å². The lowest BCUT2D eigenvalue weighted by molar-refractivity contribution is 0.102. The molecule has 128 valence electrons. The summed E-state index contributed by atoms with van der Waals surface area (Å²) in [5.74, 6) is -0.176. The lowest BCUT2D eigenvalue weighted by atomic mass is 10.2. The average Bonchev–Trinajstić information content (AvgIpc) is 3.06. The molecule has 1 amide bonds. The van der Waals surface area contributed by atoms with E-state index in [1.54, 1.807) is 12.4 Å². The van der Waals surface area contributed by atoms with Crippen LogP contribution in [0.3, 0.4) is 0 Å². The zero-order chi connectivity index (χ0) is 17.9. The molecule has 2 aromatic carbocycles. The van der Waals surface area contributed by atoms with Crippen molar-refractivity contribution >= 4 is 22.6 Å². The van der Waals surface area contributed by atoms with E-state index in [2.05, 4.69) is 27.5 Å². The van der Waals surface area contributed by atoms with Gasteiger partial charge in [0.25, 0.3) is 5.91 Å². The molecule has 0 saturated carbocycles. The van der Waals surface area contributed by atoms with Crippen molar-refractivity contribution in [2.75, 3.05) is 5.32 Å². The van der Waals surface area contributed by atoms with E-state index in [1.165, 1.54) is 0 Å². The summed E-state index contributed by atoms with van der Waals surface area (Å²) in [5, 5.41) is 8.19. The number of aromatic nitrogens is 3. The SMILES string of the molecule is Cc1ccccc1NC(=O)c1cnc2c(cnn2Cc2ccccc2)c1. The molecule has 5 heteroatoms. The Kier molecular flexibility index (Phi) is 4.19. The van der Waals surface area contributed by atoms with Crippen LogP contribution in [0.25, 0.3) is 11.0 Å². The number of anilines is 1. The molecular weight excluding hydrogens is 324 g/mol. The number of hydrogen-bond acceptors (Lipinski definition) is 3. The topological polar surface area (TPSA) is 59.8 Å². The van der Waals surface area contributed by atoms with Gasteiger partial charge in [0.05, 0.1) is 18.3 Å². The van der Waals surface area contributed by atoms with Gasteiger partial charge < -0.3 is 5.32 Å². The molecule has 1 N–H and O–H groups in total. The number of nitrogens with zero attached hydrogens (tertiary/aromatic N) is 3. The maximum Gasteiger partial charge on any atom is 0.257 e. The van der Waals surface area contributed by atoms with Crippen molar-refractivity contribution in [1.29, 1.82) is 0 Å². The maximum atomic E-state index is 12.5. The molecule has 26 heavy (non-hydrogen) atoms. The first kappa shape index (κ1) is 16.0. The normalized spacial score (nSPS) is 10.8. The minimum Gasteiger partial charge on any atom is -0.322 e. The van der Waals surface area contributed by atoms with Crippen LogP contribution in [0.15, 0.2) is 73.1 Å². The number of carbonyl (C=O) groups excluding carboxylic acids is 1. The molecule has 0 fully saturated rings. The second-order valence-electron chi connectivity index (χ2n) is 6.19. The van der Waals surface area contributed by atoms with Crippen molar-refractivity contribution in [2.24, 2.45) is 0 Å². The van der Waals surface area contributed by atoms with Gasteiger partial charge in [-0.05, 0) is 30.2 Å². The van der Waals surface area contributed by atoms with Gasteiger partial charge in [-0.15, -0.1) is 0 Å². The fourth-order valence-electron chi connectivity index (χ4n) is 2.88. The number of pyridine rings is 1. The number of amides is 1. The highest BCUT2D eigenvalue weighted by molar-refractivity contribution is 6.05. The van der Waals surface area contributed by atoms with Crippen molar-refractivity contribution < 1.29 is 4.79 Å². The highest BCUT2D eigenvalue weighted by Gasteiger charge is 2.11.